The van der Waals surface area contributed by atoms with Crippen LogP contribution in [-0.4, -0.2) is 0 Å². The third kappa shape index (κ3) is 30.3. The second kappa shape index (κ2) is 50.3. The second-order valence-corrected chi connectivity index (χ2v) is 0. The molecule has 0 atom stereocenters. The van der Waals surface area contributed by atoms with E-state index in [-0.39, 0.29) is 63.5 Å². The topological polar surface area (TPSA) is 61.0 Å². The minimum Gasteiger partial charge on any atom is -3.00 e. The molecule has 0 heterocycles. The number of nitrogens with zero attached hydrogens (tertiary/aromatic N) is 2. The molecular weight excluding hydrogens is 219 g/mol. The van der Waals surface area contributed by atoms with Crippen LogP contribution in [0.3, 0.4) is 0 Å². The first-order chi connectivity index (χ1) is 0. The molecule has 0 aliphatic carbocycles. The van der Waals surface area contributed by atoms with Crippen LogP contribution >= 0.6 is 0 Å². The predicted molar refractivity (Wildman–Crippen MR) is 6.72 cm³/mol. The van der Waals surface area contributed by atoms with Crippen molar-refractivity contribution in [3.05, 3.63) is 12.3 Å². The Morgan fingerprint density at radius 2 is 0.400 bits per heavy atom. The summed E-state index contributed by atoms with van der Waals surface area (Å²) in [6.45, 7) is 0. The van der Waals surface area contributed by atoms with Gasteiger partial charge in [-0.15, -0.1) is 0 Å². The smallest absolute Gasteiger partial charge is 2.00 e. The van der Waals surface area contributed by atoms with Gasteiger partial charge in [-0.3, -0.25) is 0 Å². The minimum atomic E-state index is 0. The van der Waals surface area contributed by atoms with Crippen molar-refractivity contribution < 1.29 is 51.2 Å². The van der Waals surface area contributed by atoms with Gasteiger partial charge < -0.3 is 12.3 Å². The largest absolute Gasteiger partial charge is 3.00 e. The molecule has 0 saturated heterocycles. The first-order valence-corrected chi connectivity index (χ1v) is 0. The molecule has 0 aromatic carbocycles. The summed E-state index contributed by atoms with van der Waals surface area (Å²) in [6.07, 6.45) is 0. The minimum absolute atomic E-state index is 0. The van der Waals surface area contributed by atoms with Gasteiger partial charge >= 0.3 is 51.2 Å². The van der Waals surface area contributed by atoms with Crippen LogP contribution in [0.2, 0.25) is 0 Å². The number of hydrogen-bond donors (Lipinski definition) is 0. The molecule has 2 nitrogen and oxygen atoms in total. The molecule has 0 saturated carbocycles. The molecule has 0 unspecified atom stereocenters. The van der Waals surface area contributed by atoms with Gasteiger partial charge in [0.1, 0.15) is 0 Å². The quantitative estimate of drug-likeness (QED) is 0.534. The maximum atomic E-state index is 0. The van der Waals surface area contributed by atoms with Crippen LogP contribution in [0.4, 0.5) is 0 Å². The normalized spacial score (nSPS) is 0. The summed E-state index contributed by atoms with van der Waals surface area (Å²) in [4.78, 5) is 0. The third-order valence-corrected chi connectivity index (χ3v) is 0. The molecular formula is Cu3N2. The van der Waals surface area contributed by atoms with Crippen molar-refractivity contribution in [3.8, 4) is 0 Å². The van der Waals surface area contributed by atoms with E-state index in [1.54, 1.807) is 0 Å². The van der Waals surface area contributed by atoms with Crippen molar-refractivity contribution in [3.63, 3.8) is 0 Å². The molecule has 0 aromatic rings. The standard InChI is InChI=1S/3Cu.2N/q3*+2;2*-3. The second-order valence-electron chi connectivity index (χ2n) is 0. The predicted octanol–water partition coefficient (Wildman–Crippen LogP) is 0.570. The van der Waals surface area contributed by atoms with E-state index in [0.717, 1.165) is 0 Å². The van der Waals surface area contributed by atoms with Crippen molar-refractivity contribution in [1.82, 2.24) is 0 Å². The first kappa shape index (κ1) is 89.0. The molecule has 0 bridgehead atoms. The summed E-state index contributed by atoms with van der Waals surface area (Å²) in [7, 11) is 0. The average Bonchev–Trinajstić information content (AvgIpc) is 0. The molecule has 0 aliphatic rings. The average molecular weight is 219 g/mol. The van der Waals surface area contributed by atoms with Crippen LogP contribution in [0.5, 0.6) is 0 Å². The van der Waals surface area contributed by atoms with Crippen LogP contribution in [-0.2, 0) is 51.2 Å². The molecule has 43 valence electrons. The van der Waals surface area contributed by atoms with Crippen LogP contribution in [0.25, 0.3) is 12.3 Å². The number of hydrogen-bond acceptors (Lipinski definition) is 0. The summed E-state index contributed by atoms with van der Waals surface area (Å²) < 4.78 is 0. The van der Waals surface area contributed by atoms with Gasteiger partial charge in [-0.05, 0) is 0 Å². The van der Waals surface area contributed by atoms with Crippen LogP contribution in [0, 0.1) is 0 Å². The van der Waals surface area contributed by atoms with E-state index in [0.29, 0.717) is 0 Å². The van der Waals surface area contributed by atoms with Crippen LogP contribution < -0.4 is 0 Å². The number of rotatable bonds is 0. The van der Waals surface area contributed by atoms with Crippen molar-refractivity contribution in [2.24, 2.45) is 0 Å². The van der Waals surface area contributed by atoms with Crippen molar-refractivity contribution in [2.75, 3.05) is 0 Å². The molecule has 5 heteroatoms. The molecule has 0 aromatic heterocycles. The monoisotopic (exact) mass is 217 g/mol. The Balaban J connectivity index is 0. The van der Waals surface area contributed by atoms with E-state index in [9.17, 15) is 0 Å². The fourth-order valence-electron chi connectivity index (χ4n) is 0. The zero-order valence-corrected chi connectivity index (χ0v) is 4.62. The molecule has 3 radical (unpaired) electrons. The zero-order chi connectivity index (χ0) is 0. The molecule has 5 heavy (non-hydrogen) atoms. The summed E-state index contributed by atoms with van der Waals surface area (Å²) >= 11 is 0. The fourth-order valence-corrected chi connectivity index (χ4v) is 0. The van der Waals surface area contributed by atoms with Gasteiger partial charge in [0.05, 0.1) is 0 Å². The van der Waals surface area contributed by atoms with Crippen molar-refractivity contribution in [1.29, 1.82) is 0 Å². The van der Waals surface area contributed by atoms with E-state index >= 15 is 0 Å². The Bertz CT molecular complexity index is 4.85. The summed E-state index contributed by atoms with van der Waals surface area (Å²) in [5, 5.41) is 0. The SMILES string of the molecule is [Cu+2].[Cu+2].[Cu+2].[N-3].[N-3]. The van der Waals surface area contributed by atoms with Crippen molar-refractivity contribution in [2.45, 2.75) is 0 Å². The molecule has 0 fully saturated rings. The Labute approximate surface area is 63.4 Å². The Morgan fingerprint density at radius 3 is 0.400 bits per heavy atom. The first-order valence-electron chi connectivity index (χ1n) is 0. The van der Waals surface area contributed by atoms with Crippen LogP contribution in [0.15, 0.2) is 0 Å². The Kier molecular flexibility index (Phi) is 894. The Morgan fingerprint density at radius 1 is 0.400 bits per heavy atom. The zero-order valence-electron chi connectivity index (χ0n) is 1.80. The Hall–Kier alpha value is 1.48. The van der Waals surface area contributed by atoms with Gasteiger partial charge in [0.15, 0.2) is 0 Å². The van der Waals surface area contributed by atoms with Crippen molar-refractivity contribution >= 4 is 0 Å². The van der Waals surface area contributed by atoms with E-state index in [2.05, 4.69) is 0 Å². The van der Waals surface area contributed by atoms with Crippen LogP contribution in [0.1, 0.15) is 0 Å². The molecule has 0 N–H and O–H groups in total. The van der Waals surface area contributed by atoms with E-state index in [4.69, 9.17) is 0 Å². The van der Waals surface area contributed by atoms with Gasteiger partial charge in [0.25, 0.3) is 0 Å². The maximum Gasteiger partial charge on any atom is 2.00 e. The van der Waals surface area contributed by atoms with E-state index in [1.807, 2.05) is 0 Å². The summed E-state index contributed by atoms with van der Waals surface area (Å²) in [6, 6.07) is 0. The van der Waals surface area contributed by atoms with Gasteiger partial charge in [0, 0.05) is 0 Å². The van der Waals surface area contributed by atoms with Gasteiger partial charge in [-0.1, -0.05) is 0 Å². The molecule has 0 aliphatic heterocycles. The fraction of sp³-hybridized carbons (Fsp3) is 0. The molecule has 0 rings (SSSR count). The summed E-state index contributed by atoms with van der Waals surface area (Å²) in [5.74, 6) is 0. The summed E-state index contributed by atoms with van der Waals surface area (Å²) in [5.41, 5.74) is 0. The maximum absolute atomic E-state index is 0. The van der Waals surface area contributed by atoms with Gasteiger partial charge in [-0.25, -0.2) is 0 Å². The third-order valence-electron chi connectivity index (χ3n) is 0. The van der Waals surface area contributed by atoms with E-state index in [1.165, 1.54) is 0 Å². The van der Waals surface area contributed by atoms with E-state index < -0.39 is 0 Å². The molecule has 0 spiro atoms. The molecule has 0 amide bonds. The van der Waals surface area contributed by atoms with Gasteiger partial charge in [-0.2, -0.15) is 0 Å². The van der Waals surface area contributed by atoms with Gasteiger partial charge in [0.2, 0.25) is 0 Å².